The maximum absolute atomic E-state index is 12.7. The van der Waals surface area contributed by atoms with E-state index in [1.807, 2.05) is 0 Å². The van der Waals surface area contributed by atoms with E-state index >= 15 is 0 Å². The van der Waals surface area contributed by atoms with E-state index < -0.39 is 0 Å². The molecule has 68 valence electrons. The molecule has 13 heavy (non-hydrogen) atoms. The van der Waals surface area contributed by atoms with E-state index in [9.17, 15) is 4.39 Å². The molecule has 0 aliphatic carbocycles. The van der Waals surface area contributed by atoms with Crippen LogP contribution < -0.4 is 0 Å². The number of halogens is 1. The van der Waals surface area contributed by atoms with Gasteiger partial charge in [0.1, 0.15) is 11.5 Å². The van der Waals surface area contributed by atoms with Gasteiger partial charge in [-0.1, -0.05) is 0 Å². The fourth-order valence-corrected chi connectivity index (χ4v) is 1.25. The standard InChI is InChI=1S/C9H9FN2O/c10-7-1-2-9-11-8(3-4-13)6-12(9)5-7/h1-2,5-6,13H,3-4H2. The molecule has 4 heteroatoms. The molecule has 2 aromatic heterocycles. The van der Waals surface area contributed by atoms with Crippen molar-refractivity contribution in [3.05, 3.63) is 36.0 Å². The minimum absolute atomic E-state index is 0.0619. The summed E-state index contributed by atoms with van der Waals surface area (Å²) in [6.45, 7) is 0.0619. The van der Waals surface area contributed by atoms with Gasteiger partial charge in [-0.15, -0.1) is 0 Å². The van der Waals surface area contributed by atoms with Crippen LogP contribution in [-0.4, -0.2) is 21.1 Å². The SMILES string of the molecule is OCCc1cn2cc(F)ccc2n1. The quantitative estimate of drug-likeness (QED) is 0.748. The Morgan fingerprint density at radius 2 is 2.23 bits per heavy atom. The summed E-state index contributed by atoms with van der Waals surface area (Å²) in [6.07, 6.45) is 3.58. The minimum atomic E-state index is -0.291. The zero-order valence-corrected chi connectivity index (χ0v) is 6.94. The molecule has 0 aliphatic heterocycles. The molecule has 0 aliphatic rings. The van der Waals surface area contributed by atoms with Crippen LogP contribution in [0.4, 0.5) is 4.39 Å². The smallest absolute Gasteiger partial charge is 0.139 e. The number of pyridine rings is 1. The van der Waals surface area contributed by atoms with Gasteiger partial charge in [0, 0.05) is 25.4 Å². The number of imidazole rings is 1. The summed E-state index contributed by atoms with van der Waals surface area (Å²) in [5, 5.41) is 8.68. The van der Waals surface area contributed by atoms with Crippen molar-refractivity contribution in [2.45, 2.75) is 6.42 Å². The third-order valence-electron chi connectivity index (χ3n) is 1.83. The molecule has 0 amide bonds. The number of nitrogens with zero attached hydrogens (tertiary/aromatic N) is 2. The van der Waals surface area contributed by atoms with Crippen LogP contribution in [0.2, 0.25) is 0 Å². The summed E-state index contributed by atoms with van der Waals surface area (Å²) in [5.41, 5.74) is 1.47. The monoisotopic (exact) mass is 180 g/mol. The number of hydrogen-bond donors (Lipinski definition) is 1. The first kappa shape index (κ1) is 8.19. The third-order valence-corrected chi connectivity index (χ3v) is 1.83. The molecule has 2 rings (SSSR count). The van der Waals surface area contributed by atoms with Gasteiger partial charge < -0.3 is 9.51 Å². The van der Waals surface area contributed by atoms with Gasteiger partial charge in [0.15, 0.2) is 0 Å². The van der Waals surface area contributed by atoms with E-state index in [0.29, 0.717) is 12.1 Å². The van der Waals surface area contributed by atoms with Gasteiger partial charge in [0.2, 0.25) is 0 Å². The highest BCUT2D eigenvalue weighted by Gasteiger charge is 2.00. The molecule has 1 N–H and O–H groups in total. The second kappa shape index (κ2) is 3.14. The van der Waals surface area contributed by atoms with Crippen molar-refractivity contribution in [3.8, 4) is 0 Å². The fourth-order valence-electron chi connectivity index (χ4n) is 1.25. The molecule has 0 unspecified atom stereocenters. The molecule has 0 atom stereocenters. The van der Waals surface area contributed by atoms with Crippen LogP contribution in [0.15, 0.2) is 24.5 Å². The van der Waals surface area contributed by atoms with Crippen LogP contribution in [0.3, 0.4) is 0 Å². The normalized spacial score (nSPS) is 10.9. The van der Waals surface area contributed by atoms with Gasteiger partial charge in [-0.3, -0.25) is 0 Å². The second-order valence-electron chi connectivity index (χ2n) is 2.82. The van der Waals surface area contributed by atoms with Crippen LogP contribution >= 0.6 is 0 Å². The lowest BCUT2D eigenvalue weighted by Crippen LogP contribution is -1.89. The predicted octanol–water partition coefficient (Wildman–Crippen LogP) is 1.01. The summed E-state index contributed by atoms with van der Waals surface area (Å²) in [6, 6.07) is 2.97. The van der Waals surface area contributed by atoms with Gasteiger partial charge in [0.05, 0.1) is 5.69 Å². The van der Waals surface area contributed by atoms with E-state index in [2.05, 4.69) is 4.98 Å². The Morgan fingerprint density at radius 1 is 1.38 bits per heavy atom. The Hall–Kier alpha value is -1.42. The molecule has 0 saturated carbocycles. The molecule has 3 nitrogen and oxygen atoms in total. The highest BCUT2D eigenvalue weighted by atomic mass is 19.1. The van der Waals surface area contributed by atoms with Crippen LogP contribution in [0, 0.1) is 5.82 Å². The largest absolute Gasteiger partial charge is 0.396 e. The van der Waals surface area contributed by atoms with Gasteiger partial charge in [-0.2, -0.15) is 0 Å². The van der Waals surface area contributed by atoms with Crippen molar-refractivity contribution in [3.63, 3.8) is 0 Å². The molecule has 0 aromatic carbocycles. The summed E-state index contributed by atoms with van der Waals surface area (Å²) < 4.78 is 14.3. The third kappa shape index (κ3) is 1.53. The summed E-state index contributed by atoms with van der Waals surface area (Å²) in [7, 11) is 0. The van der Waals surface area contributed by atoms with E-state index in [0.717, 1.165) is 5.69 Å². The Balaban J connectivity index is 2.49. The topological polar surface area (TPSA) is 37.5 Å². The van der Waals surface area contributed by atoms with E-state index in [1.165, 1.54) is 12.3 Å². The van der Waals surface area contributed by atoms with Crippen molar-refractivity contribution in [1.29, 1.82) is 0 Å². The molecule has 0 radical (unpaired) electrons. The summed E-state index contributed by atoms with van der Waals surface area (Å²) in [5.74, 6) is -0.291. The molecular formula is C9H9FN2O. The Morgan fingerprint density at radius 3 is 3.00 bits per heavy atom. The minimum Gasteiger partial charge on any atom is -0.396 e. The van der Waals surface area contributed by atoms with E-state index in [1.54, 1.807) is 16.7 Å². The number of rotatable bonds is 2. The molecule has 0 fully saturated rings. The van der Waals surface area contributed by atoms with E-state index in [-0.39, 0.29) is 12.4 Å². The fraction of sp³-hybridized carbons (Fsp3) is 0.222. The van der Waals surface area contributed by atoms with Crippen molar-refractivity contribution >= 4 is 5.65 Å². The predicted molar refractivity (Wildman–Crippen MR) is 45.9 cm³/mol. The Labute approximate surface area is 74.5 Å². The highest BCUT2D eigenvalue weighted by molar-refractivity contribution is 5.39. The molecule has 0 saturated heterocycles. The van der Waals surface area contributed by atoms with Crippen LogP contribution in [0.5, 0.6) is 0 Å². The second-order valence-corrected chi connectivity index (χ2v) is 2.82. The average molecular weight is 180 g/mol. The van der Waals surface area contributed by atoms with Gasteiger partial charge in [0.25, 0.3) is 0 Å². The molecule has 2 aromatic rings. The number of fused-ring (bicyclic) bond motifs is 1. The van der Waals surface area contributed by atoms with Gasteiger partial charge in [-0.25, -0.2) is 9.37 Å². The molecular weight excluding hydrogens is 171 g/mol. The Kier molecular flexibility index (Phi) is 1.98. The molecule has 0 bridgehead atoms. The van der Waals surface area contributed by atoms with Crippen molar-refractivity contribution in [2.75, 3.05) is 6.61 Å². The zero-order valence-electron chi connectivity index (χ0n) is 6.94. The zero-order chi connectivity index (χ0) is 9.26. The lowest BCUT2D eigenvalue weighted by atomic mass is 10.4. The van der Waals surface area contributed by atoms with Gasteiger partial charge >= 0.3 is 0 Å². The van der Waals surface area contributed by atoms with E-state index in [4.69, 9.17) is 5.11 Å². The maximum Gasteiger partial charge on any atom is 0.139 e. The van der Waals surface area contributed by atoms with Crippen molar-refractivity contribution in [1.82, 2.24) is 9.38 Å². The summed E-state index contributed by atoms with van der Waals surface area (Å²) in [4.78, 5) is 4.18. The van der Waals surface area contributed by atoms with Crippen LogP contribution in [-0.2, 0) is 6.42 Å². The molecule has 0 spiro atoms. The Bertz CT molecular complexity index is 424. The van der Waals surface area contributed by atoms with Crippen molar-refractivity contribution < 1.29 is 9.50 Å². The number of aliphatic hydroxyl groups excluding tert-OH is 1. The van der Waals surface area contributed by atoms with Crippen LogP contribution in [0.1, 0.15) is 5.69 Å². The lowest BCUT2D eigenvalue weighted by Gasteiger charge is -1.90. The van der Waals surface area contributed by atoms with Crippen molar-refractivity contribution in [2.24, 2.45) is 0 Å². The first-order chi connectivity index (χ1) is 6.29. The number of aliphatic hydroxyl groups is 1. The van der Waals surface area contributed by atoms with Crippen LogP contribution in [0.25, 0.3) is 5.65 Å². The lowest BCUT2D eigenvalue weighted by molar-refractivity contribution is 0.298. The van der Waals surface area contributed by atoms with Gasteiger partial charge in [-0.05, 0) is 12.1 Å². The first-order valence-corrected chi connectivity index (χ1v) is 4.03. The average Bonchev–Trinajstić information content (AvgIpc) is 2.46. The number of hydrogen-bond acceptors (Lipinski definition) is 2. The summed E-state index contributed by atoms with van der Waals surface area (Å²) >= 11 is 0. The highest BCUT2D eigenvalue weighted by Crippen LogP contribution is 2.06. The number of aromatic nitrogens is 2. The first-order valence-electron chi connectivity index (χ1n) is 4.03. The molecule has 2 heterocycles. The maximum atomic E-state index is 12.7.